The molecule has 0 saturated carbocycles. The molecule has 0 atom stereocenters. The lowest BCUT2D eigenvalue weighted by molar-refractivity contribution is -0.123. The minimum atomic E-state index is -0.421. The van der Waals surface area contributed by atoms with Gasteiger partial charge >= 0.3 is 0 Å². The van der Waals surface area contributed by atoms with Crippen LogP contribution in [0.5, 0.6) is 5.75 Å². The van der Waals surface area contributed by atoms with E-state index in [2.05, 4.69) is 10.5 Å². The number of nitrogens with one attached hydrogen (secondary N) is 2. The van der Waals surface area contributed by atoms with Gasteiger partial charge in [-0.15, -0.1) is 0 Å². The number of hydrogen-bond donors (Lipinski definition) is 3. The maximum absolute atomic E-state index is 11.7. The molecular weight excluding hydrogens is 286 g/mol. The van der Waals surface area contributed by atoms with Crippen LogP contribution in [0.25, 0.3) is 0 Å². The van der Waals surface area contributed by atoms with Crippen LogP contribution in [-0.2, 0) is 4.79 Å². The van der Waals surface area contributed by atoms with E-state index in [9.17, 15) is 4.79 Å². The van der Waals surface area contributed by atoms with Gasteiger partial charge in [0.25, 0.3) is 5.91 Å². The summed E-state index contributed by atoms with van der Waals surface area (Å²) in [5.41, 5.74) is 6.29. The number of hydrazone groups is 1. The van der Waals surface area contributed by atoms with Crippen molar-refractivity contribution in [1.29, 1.82) is 0 Å². The van der Waals surface area contributed by atoms with Crippen LogP contribution in [0, 0.1) is 6.92 Å². The molecule has 1 heterocycles. The fraction of sp³-hybridized carbons (Fsp3) is 0.200. The Morgan fingerprint density at radius 3 is 2.91 bits per heavy atom. The summed E-state index contributed by atoms with van der Waals surface area (Å²) < 4.78 is 10.5. The second-order valence-corrected chi connectivity index (χ2v) is 4.61. The van der Waals surface area contributed by atoms with Crippen molar-refractivity contribution in [2.45, 2.75) is 13.8 Å². The van der Waals surface area contributed by atoms with Crippen molar-refractivity contribution in [1.82, 2.24) is 5.43 Å². The van der Waals surface area contributed by atoms with Crippen molar-refractivity contribution in [3.05, 3.63) is 47.9 Å². The highest BCUT2D eigenvalue weighted by Crippen LogP contribution is 2.24. The molecule has 7 nitrogen and oxygen atoms in total. The van der Waals surface area contributed by atoms with Gasteiger partial charge in [-0.05, 0) is 43.7 Å². The van der Waals surface area contributed by atoms with Crippen molar-refractivity contribution >= 4 is 17.3 Å². The number of benzene rings is 1. The number of anilines is 1. The number of amides is 1. The summed E-state index contributed by atoms with van der Waals surface area (Å²) in [6, 6.07) is 8.66. The molecule has 0 unspecified atom stereocenters. The first-order chi connectivity index (χ1) is 10.6. The second kappa shape index (κ2) is 7.28. The van der Waals surface area contributed by atoms with Crippen molar-refractivity contribution in [3.8, 4) is 5.75 Å². The molecule has 1 aromatic carbocycles. The zero-order valence-electron chi connectivity index (χ0n) is 12.3. The molecule has 0 bridgehead atoms. The standard InChI is InChI=1S/C15H17N3O4/c1-10-5-6-14(12(8-10)18-20)22-9-15(19)17-16-11(2)13-4-3-7-21-13/h3-8,18,20H,9H2,1-2H3,(H,17,19)/b16-11+. The Labute approximate surface area is 127 Å². The van der Waals surface area contributed by atoms with E-state index in [1.165, 1.54) is 6.26 Å². The van der Waals surface area contributed by atoms with Crippen LogP contribution < -0.4 is 15.6 Å². The fourth-order valence-electron chi connectivity index (χ4n) is 1.72. The third kappa shape index (κ3) is 4.10. The molecule has 22 heavy (non-hydrogen) atoms. The number of aryl methyl sites for hydroxylation is 1. The van der Waals surface area contributed by atoms with Crippen LogP contribution in [-0.4, -0.2) is 23.4 Å². The summed E-state index contributed by atoms with van der Waals surface area (Å²) in [5.74, 6) is 0.525. The van der Waals surface area contributed by atoms with Crippen molar-refractivity contribution in [3.63, 3.8) is 0 Å². The van der Waals surface area contributed by atoms with Crippen molar-refractivity contribution < 1.29 is 19.2 Å². The zero-order valence-corrected chi connectivity index (χ0v) is 12.3. The van der Waals surface area contributed by atoms with Crippen molar-refractivity contribution in [2.24, 2.45) is 5.10 Å². The molecule has 0 saturated heterocycles. The monoisotopic (exact) mass is 303 g/mol. The van der Waals surface area contributed by atoms with E-state index in [4.69, 9.17) is 14.4 Å². The molecule has 2 rings (SSSR count). The third-order valence-electron chi connectivity index (χ3n) is 2.84. The van der Waals surface area contributed by atoms with E-state index in [1.54, 1.807) is 31.2 Å². The van der Waals surface area contributed by atoms with Gasteiger partial charge in [0, 0.05) is 0 Å². The summed E-state index contributed by atoms with van der Waals surface area (Å²) in [6.07, 6.45) is 1.53. The van der Waals surface area contributed by atoms with Crippen LogP contribution in [0.1, 0.15) is 18.2 Å². The van der Waals surface area contributed by atoms with E-state index < -0.39 is 5.91 Å². The van der Waals surface area contributed by atoms with E-state index in [0.717, 1.165) is 5.56 Å². The predicted octanol–water partition coefficient (Wildman–Crippen LogP) is 2.31. The van der Waals surface area contributed by atoms with Gasteiger partial charge < -0.3 is 9.15 Å². The maximum atomic E-state index is 11.7. The summed E-state index contributed by atoms with van der Waals surface area (Å²) in [4.78, 5) is 11.7. The van der Waals surface area contributed by atoms with Gasteiger partial charge in [-0.2, -0.15) is 5.10 Å². The Balaban J connectivity index is 1.89. The molecule has 0 aliphatic carbocycles. The molecule has 7 heteroatoms. The average molecular weight is 303 g/mol. The molecule has 2 aromatic rings. The Hall–Kier alpha value is -2.80. The quantitative estimate of drug-likeness (QED) is 0.562. The number of furan rings is 1. The number of carbonyl (C=O) groups is 1. The van der Waals surface area contributed by atoms with E-state index >= 15 is 0 Å². The molecule has 1 amide bonds. The molecular formula is C15H17N3O4. The van der Waals surface area contributed by atoms with E-state index in [0.29, 0.717) is 22.9 Å². The summed E-state index contributed by atoms with van der Waals surface area (Å²) >= 11 is 0. The Morgan fingerprint density at radius 1 is 1.41 bits per heavy atom. The molecule has 3 N–H and O–H groups in total. The molecule has 1 aromatic heterocycles. The molecule has 0 fully saturated rings. The fourth-order valence-corrected chi connectivity index (χ4v) is 1.72. The van der Waals surface area contributed by atoms with Crippen LogP contribution in [0.3, 0.4) is 0 Å². The minimum Gasteiger partial charge on any atom is -0.481 e. The van der Waals surface area contributed by atoms with Gasteiger partial charge in [-0.25, -0.2) is 5.43 Å². The number of rotatable bonds is 6. The first-order valence-corrected chi connectivity index (χ1v) is 6.60. The van der Waals surface area contributed by atoms with Crippen LogP contribution in [0.15, 0.2) is 46.1 Å². The number of nitrogens with zero attached hydrogens (tertiary/aromatic N) is 1. The maximum Gasteiger partial charge on any atom is 0.277 e. The van der Waals surface area contributed by atoms with Gasteiger partial charge in [-0.3, -0.25) is 15.5 Å². The highest BCUT2D eigenvalue weighted by molar-refractivity contribution is 5.96. The molecule has 116 valence electrons. The molecule has 0 spiro atoms. The highest BCUT2D eigenvalue weighted by atomic mass is 16.5. The number of hydrogen-bond acceptors (Lipinski definition) is 6. The average Bonchev–Trinajstić information content (AvgIpc) is 3.05. The lowest BCUT2D eigenvalue weighted by Crippen LogP contribution is -2.25. The summed E-state index contributed by atoms with van der Waals surface area (Å²) in [5, 5.41) is 12.9. The summed E-state index contributed by atoms with van der Waals surface area (Å²) in [7, 11) is 0. The van der Waals surface area contributed by atoms with Gasteiger partial charge in [0.15, 0.2) is 6.61 Å². The van der Waals surface area contributed by atoms with Crippen LogP contribution >= 0.6 is 0 Å². The van der Waals surface area contributed by atoms with Gasteiger partial charge in [0.2, 0.25) is 0 Å². The predicted molar refractivity (Wildman–Crippen MR) is 81.1 cm³/mol. The minimum absolute atomic E-state index is 0.229. The second-order valence-electron chi connectivity index (χ2n) is 4.61. The Bertz CT molecular complexity index is 665. The smallest absolute Gasteiger partial charge is 0.277 e. The van der Waals surface area contributed by atoms with E-state index in [-0.39, 0.29) is 6.61 Å². The molecule has 0 aliphatic heterocycles. The van der Waals surface area contributed by atoms with Gasteiger partial charge in [0.1, 0.15) is 22.9 Å². The third-order valence-corrected chi connectivity index (χ3v) is 2.84. The van der Waals surface area contributed by atoms with E-state index in [1.807, 2.05) is 18.5 Å². The summed E-state index contributed by atoms with van der Waals surface area (Å²) in [6.45, 7) is 3.36. The first-order valence-electron chi connectivity index (χ1n) is 6.60. The molecule has 0 aliphatic rings. The van der Waals surface area contributed by atoms with Crippen LogP contribution in [0.2, 0.25) is 0 Å². The topological polar surface area (TPSA) is 96.1 Å². The SMILES string of the molecule is C/C(=N\NC(=O)COc1ccc(C)cc1NO)c1ccco1. The lowest BCUT2D eigenvalue weighted by atomic mass is 10.2. The Kier molecular flexibility index (Phi) is 5.16. The number of carbonyl (C=O) groups excluding carboxylic acids is 1. The van der Waals surface area contributed by atoms with Gasteiger partial charge in [-0.1, -0.05) is 6.07 Å². The van der Waals surface area contributed by atoms with Crippen molar-refractivity contribution in [2.75, 3.05) is 12.1 Å². The normalized spacial score (nSPS) is 11.1. The zero-order chi connectivity index (χ0) is 15.9. The molecule has 0 radical (unpaired) electrons. The van der Waals surface area contributed by atoms with Gasteiger partial charge in [0.05, 0.1) is 6.26 Å². The number of ether oxygens (including phenoxy) is 1. The lowest BCUT2D eigenvalue weighted by Gasteiger charge is -2.10. The largest absolute Gasteiger partial charge is 0.481 e. The first kappa shape index (κ1) is 15.6. The van der Waals surface area contributed by atoms with Crippen LogP contribution in [0.4, 0.5) is 5.69 Å². The highest BCUT2D eigenvalue weighted by Gasteiger charge is 2.07. The Morgan fingerprint density at radius 2 is 2.23 bits per heavy atom.